The minimum Gasteiger partial charge on any atom is -0.303 e. The zero-order valence-corrected chi connectivity index (χ0v) is 9.93. The van der Waals surface area contributed by atoms with Crippen LogP contribution < -0.4 is 0 Å². The summed E-state index contributed by atoms with van der Waals surface area (Å²) in [5.41, 5.74) is 0. The third-order valence-corrected chi connectivity index (χ3v) is 2.52. The summed E-state index contributed by atoms with van der Waals surface area (Å²) in [7, 11) is 0. The highest BCUT2D eigenvalue weighted by Crippen LogP contribution is 2.01. The van der Waals surface area contributed by atoms with Gasteiger partial charge in [0.05, 0.1) is 6.61 Å². The van der Waals surface area contributed by atoms with Gasteiger partial charge in [0.15, 0.2) is 0 Å². The van der Waals surface area contributed by atoms with Crippen molar-refractivity contribution >= 4 is 0 Å². The Labute approximate surface area is 89.3 Å². The van der Waals surface area contributed by atoms with Crippen molar-refractivity contribution in [2.75, 3.05) is 26.2 Å². The molecule has 0 amide bonds. The zero-order chi connectivity index (χ0) is 10.6. The fraction of sp³-hybridized carbons (Fsp3) is 1.00. The first-order valence-electron chi connectivity index (χ1n) is 6.15. The molecule has 2 heteroatoms. The first-order valence-corrected chi connectivity index (χ1v) is 6.15. The largest absolute Gasteiger partial charge is 0.303 e. The lowest BCUT2D eigenvalue weighted by Crippen LogP contribution is -2.27. The molecule has 0 aromatic carbocycles. The Balaban J connectivity index is 3.49. The summed E-state index contributed by atoms with van der Waals surface area (Å²) in [5.74, 6) is 0. The van der Waals surface area contributed by atoms with E-state index in [1.54, 1.807) is 0 Å². The standard InChI is InChI=1S/C12H26NO/c1-3-5-9-13(10-6-4-2)11-7-8-12-14/h3-12H2,1-2H3. The molecule has 0 aromatic rings. The molecular formula is C12H26NO. The van der Waals surface area contributed by atoms with Gasteiger partial charge >= 0.3 is 0 Å². The van der Waals surface area contributed by atoms with Gasteiger partial charge in [-0.05, 0) is 45.3 Å². The highest BCUT2D eigenvalue weighted by atomic mass is 16.2. The Kier molecular flexibility index (Phi) is 10.9. The molecule has 0 rings (SSSR count). The van der Waals surface area contributed by atoms with E-state index < -0.39 is 0 Å². The minimum atomic E-state index is 0.0927. The molecule has 0 aliphatic heterocycles. The van der Waals surface area contributed by atoms with Crippen LogP contribution in [0.4, 0.5) is 0 Å². The summed E-state index contributed by atoms with van der Waals surface area (Å²) in [4.78, 5) is 2.52. The van der Waals surface area contributed by atoms with Crippen LogP contribution in [0.15, 0.2) is 0 Å². The second-order valence-corrected chi connectivity index (χ2v) is 3.96. The molecule has 0 aromatic heterocycles. The average molecular weight is 200 g/mol. The van der Waals surface area contributed by atoms with Crippen LogP contribution in [0.1, 0.15) is 52.4 Å². The molecular weight excluding hydrogens is 174 g/mol. The fourth-order valence-electron chi connectivity index (χ4n) is 1.54. The molecule has 0 saturated heterocycles. The molecule has 2 nitrogen and oxygen atoms in total. The summed E-state index contributed by atoms with van der Waals surface area (Å²) < 4.78 is 0. The van der Waals surface area contributed by atoms with Crippen LogP contribution in [0.3, 0.4) is 0 Å². The maximum absolute atomic E-state index is 10.3. The third kappa shape index (κ3) is 8.52. The van der Waals surface area contributed by atoms with Crippen molar-refractivity contribution in [2.45, 2.75) is 52.4 Å². The Morgan fingerprint density at radius 1 is 0.786 bits per heavy atom. The van der Waals surface area contributed by atoms with Crippen LogP contribution in [-0.2, 0) is 5.11 Å². The van der Waals surface area contributed by atoms with Crippen LogP contribution in [-0.4, -0.2) is 31.1 Å². The van der Waals surface area contributed by atoms with Crippen LogP contribution in [0.25, 0.3) is 0 Å². The van der Waals surface area contributed by atoms with E-state index in [1.165, 1.54) is 38.8 Å². The lowest BCUT2D eigenvalue weighted by atomic mass is 10.2. The fourth-order valence-corrected chi connectivity index (χ4v) is 1.54. The van der Waals surface area contributed by atoms with E-state index in [0.29, 0.717) is 0 Å². The van der Waals surface area contributed by atoms with E-state index >= 15 is 0 Å². The van der Waals surface area contributed by atoms with Gasteiger partial charge in [0, 0.05) is 0 Å². The van der Waals surface area contributed by atoms with Crippen LogP contribution in [0.2, 0.25) is 0 Å². The third-order valence-electron chi connectivity index (χ3n) is 2.52. The van der Waals surface area contributed by atoms with Crippen molar-refractivity contribution in [1.29, 1.82) is 0 Å². The summed E-state index contributed by atoms with van der Waals surface area (Å²) >= 11 is 0. The number of hydrogen-bond acceptors (Lipinski definition) is 1. The van der Waals surface area contributed by atoms with E-state index in [9.17, 15) is 5.11 Å². The van der Waals surface area contributed by atoms with Crippen LogP contribution in [0, 0.1) is 0 Å². The van der Waals surface area contributed by atoms with Gasteiger partial charge in [0.1, 0.15) is 0 Å². The molecule has 0 saturated carbocycles. The molecule has 1 radical (unpaired) electrons. The summed E-state index contributed by atoms with van der Waals surface area (Å²) in [6.45, 7) is 8.12. The molecule has 0 aliphatic rings. The predicted molar refractivity (Wildman–Crippen MR) is 61.0 cm³/mol. The minimum absolute atomic E-state index is 0.0927. The van der Waals surface area contributed by atoms with Crippen molar-refractivity contribution in [3.8, 4) is 0 Å². The normalized spacial score (nSPS) is 11.1. The number of nitrogens with zero attached hydrogens (tertiary/aromatic N) is 1. The smallest absolute Gasteiger partial charge is 0.0822 e. The quantitative estimate of drug-likeness (QED) is 0.497. The molecule has 85 valence electrons. The van der Waals surface area contributed by atoms with E-state index in [4.69, 9.17) is 0 Å². The maximum atomic E-state index is 10.3. The second-order valence-electron chi connectivity index (χ2n) is 3.96. The van der Waals surface area contributed by atoms with Crippen molar-refractivity contribution in [3.05, 3.63) is 0 Å². The topological polar surface area (TPSA) is 23.1 Å². The molecule has 0 unspecified atom stereocenters. The lowest BCUT2D eigenvalue weighted by Gasteiger charge is -2.21. The summed E-state index contributed by atoms with van der Waals surface area (Å²) in [5, 5.41) is 10.3. The van der Waals surface area contributed by atoms with Gasteiger partial charge in [-0.2, -0.15) is 0 Å². The van der Waals surface area contributed by atoms with Gasteiger partial charge in [-0.1, -0.05) is 26.7 Å². The molecule has 0 bridgehead atoms. The highest BCUT2D eigenvalue weighted by Gasteiger charge is 2.02. The summed E-state index contributed by atoms with van der Waals surface area (Å²) in [6.07, 6.45) is 7.04. The molecule has 0 atom stereocenters. The van der Waals surface area contributed by atoms with Gasteiger partial charge in [-0.3, -0.25) is 0 Å². The first kappa shape index (κ1) is 13.9. The van der Waals surface area contributed by atoms with Crippen LogP contribution >= 0.6 is 0 Å². The van der Waals surface area contributed by atoms with Crippen molar-refractivity contribution in [2.24, 2.45) is 0 Å². The Morgan fingerprint density at radius 2 is 1.29 bits per heavy atom. The monoisotopic (exact) mass is 200 g/mol. The van der Waals surface area contributed by atoms with Gasteiger partial charge in [0.25, 0.3) is 0 Å². The average Bonchev–Trinajstić information content (AvgIpc) is 2.21. The lowest BCUT2D eigenvalue weighted by molar-refractivity contribution is 0.177. The van der Waals surface area contributed by atoms with Crippen molar-refractivity contribution < 1.29 is 5.11 Å². The number of hydrogen-bond donors (Lipinski definition) is 0. The maximum Gasteiger partial charge on any atom is 0.0822 e. The molecule has 0 fully saturated rings. The van der Waals surface area contributed by atoms with Gasteiger partial charge in [-0.15, -0.1) is 0 Å². The Morgan fingerprint density at radius 3 is 1.71 bits per heavy atom. The SMILES string of the molecule is CCCCN(CCCC)CCCC[O]. The molecule has 0 N–H and O–H groups in total. The number of rotatable bonds is 10. The van der Waals surface area contributed by atoms with Crippen LogP contribution in [0.5, 0.6) is 0 Å². The Hall–Kier alpha value is -0.0800. The van der Waals surface area contributed by atoms with Gasteiger partial charge < -0.3 is 4.90 Å². The van der Waals surface area contributed by atoms with Crippen molar-refractivity contribution in [3.63, 3.8) is 0 Å². The molecule has 0 aliphatic carbocycles. The molecule has 0 spiro atoms. The Bertz CT molecular complexity index is 98.5. The van der Waals surface area contributed by atoms with Gasteiger partial charge in [-0.25, -0.2) is 5.11 Å². The summed E-state index contributed by atoms with van der Waals surface area (Å²) in [6, 6.07) is 0. The van der Waals surface area contributed by atoms with E-state index in [2.05, 4.69) is 18.7 Å². The number of unbranched alkanes of at least 4 members (excludes halogenated alkanes) is 3. The predicted octanol–water partition coefficient (Wildman–Crippen LogP) is 3.10. The zero-order valence-electron chi connectivity index (χ0n) is 9.93. The highest BCUT2D eigenvalue weighted by molar-refractivity contribution is 4.57. The first-order chi connectivity index (χ1) is 6.85. The van der Waals surface area contributed by atoms with E-state index in [-0.39, 0.29) is 6.61 Å². The van der Waals surface area contributed by atoms with Crippen molar-refractivity contribution in [1.82, 2.24) is 4.90 Å². The van der Waals surface area contributed by atoms with E-state index in [0.717, 1.165) is 19.4 Å². The van der Waals surface area contributed by atoms with Gasteiger partial charge in [0.2, 0.25) is 0 Å². The second kappa shape index (κ2) is 11.0. The molecule has 0 heterocycles. The molecule has 14 heavy (non-hydrogen) atoms. The van der Waals surface area contributed by atoms with E-state index in [1.807, 2.05) is 0 Å².